The summed E-state index contributed by atoms with van der Waals surface area (Å²) in [4.78, 5) is 70.8. The van der Waals surface area contributed by atoms with Crippen molar-refractivity contribution in [3.8, 4) is 0 Å². The van der Waals surface area contributed by atoms with E-state index < -0.39 is 46.8 Å². The Hall–Kier alpha value is -5.15. The summed E-state index contributed by atoms with van der Waals surface area (Å²) in [7, 11) is 0. The minimum atomic E-state index is -2.19. The third kappa shape index (κ3) is 6.01. The smallest absolute Gasteiger partial charge is 0.379 e. The molecule has 182 valence electrons. The summed E-state index contributed by atoms with van der Waals surface area (Å²) in [6.45, 7) is 0.164. The van der Waals surface area contributed by atoms with E-state index in [0.717, 1.165) is 0 Å². The molecule has 3 rings (SSSR count). The first-order valence-electron chi connectivity index (χ1n) is 9.80. The molecular weight excluding hydrogens is 468 g/mol. The number of aliphatic carboxylic acids is 2. The maximum atomic E-state index is 12.4. The first kappa shape index (κ1) is 24.5. The lowest BCUT2D eigenvalue weighted by molar-refractivity contribution is -0.511. The number of hydrogen-bond acceptors (Lipinski definition) is 11. The highest BCUT2D eigenvalue weighted by Crippen LogP contribution is 2.13. The monoisotopic (exact) mass is 486 g/mol. The molecule has 2 heterocycles. The van der Waals surface area contributed by atoms with Gasteiger partial charge in [-0.25, -0.2) is 19.6 Å². The molecule has 1 aromatic carbocycles. The van der Waals surface area contributed by atoms with Crippen molar-refractivity contribution in [1.29, 1.82) is 0 Å². The zero-order valence-electron chi connectivity index (χ0n) is 17.7. The molecule has 0 saturated carbocycles. The molecule has 0 fully saturated rings. The fourth-order valence-electron chi connectivity index (χ4n) is 2.95. The van der Waals surface area contributed by atoms with Crippen molar-refractivity contribution in [1.82, 2.24) is 25.3 Å². The molecule has 0 saturated heterocycles. The van der Waals surface area contributed by atoms with Crippen molar-refractivity contribution < 1.29 is 29.5 Å². The number of carbonyl (C=O) groups is 3. The largest absolute Gasteiger partial charge is 0.480 e. The average Bonchev–Trinajstić information content (AvgIpc) is 2.80. The van der Waals surface area contributed by atoms with Crippen molar-refractivity contribution in [3.63, 3.8) is 0 Å². The number of nitrogens with one attached hydrogen (secondary N) is 3. The van der Waals surface area contributed by atoms with Crippen LogP contribution in [-0.4, -0.2) is 65.0 Å². The van der Waals surface area contributed by atoms with Crippen molar-refractivity contribution in [2.24, 2.45) is 0 Å². The van der Waals surface area contributed by atoms with Gasteiger partial charge in [0.1, 0.15) is 6.04 Å². The summed E-state index contributed by atoms with van der Waals surface area (Å²) in [5, 5.41) is 34.0. The molecule has 0 aliphatic heterocycles. The van der Waals surface area contributed by atoms with E-state index in [4.69, 9.17) is 10.8 Å². The van der Waals surface area contributed by atoms with Gasteiger partial charge >= 0.3 is 18.0 Å². The molecule has 0 bridgehead atoms. The SMILES string of the molecule is Nc1nc2ncc(CNc3ccc(C(=O)N[C@@H](CC(C(=O)O)[N+](=O)[O-])C(=O)O)cc3)nc2c(=O)[nH]1. The maximum Gasteiger partial charge on any atom is 0.379 e. The van der Waals surface area contributed by atoms with E-state index in [9.17, 15) is 34.4 Å². The molecular formula is C19H18N8O8. The van der Waals surface area contributed by atoms with Crippen LogP contribution in [0.25, 0.3) is 11.2 Å². The first-order chi connectivity index (χ1) is 16.5. The molecule has 0 aliphatic rings. The van der Waals surface area contributed by atoms with E-state index >= 15 is 0 Å². The van der Waals surface area contributed by atoms with Gasteiger partial charge in [-0.2, -0.15) is 4.98 Å². The number of nitro groups is 1. The van der Waals surface area contributed by atoms with Crippen LogP contribution in [0, 0.1) is 10.1 Å². The summed E-state index contributed by atoms with van der Waals surface area (Å²) in [5.74, 6) is -4.37. The van der Waals surface area contributed by atoms with E-state index in [1.54, 1.807) is 0 Å². The number of nitrogens with zero attached hydrogens (tertiary/aromatic N) is 4. The predicted octanol–water partition coefficient (Wildman–Crippen LogP) is -0.790. The number of carboxylic acid groups (broad SMARTS) is 2. The van der Waals surface area contributed by atoms with Gasteiger partial charge in [-0.05, 0) is 24.3 Å². The molecule has 2 atom stereocenters. The van der Waals surface area contributed by atoms with Gasteiger partial charge in [0.15, 0.2) is 11.2 Å². The van der Waals surface area contributed by atoms with Gasteiger partial charge in [0.25, 0.3) is 11.5 Å². The zero-order chi connectivity index (χ0) is 25.7. The van der Waals surface area contributed by atoms with Crippen LogP contribution in [0.1, 0.15) is 22.5 Å². The number of nitrogens with two attached hydrogens (primary N) is 1. The fourth-order valence-corrected chi connectivity index (χ4v) is 2.95. The number of amides is 1. The van der Waals surface area contributed by atoms with E-state index in [-0.39, 0.29) is 29.2 Å². The van der Waals surface area contributed by atoms with Crippen molar-refractivity contribution in [2.75, 3.05) is 11.1 Å². The Morgan fingerprint density at radius 2 is 1.83 bits per heavy atom. The molecule has 2 aromatic heterocycles. The fraction of sp³-hybridized carbons (Fsp3) is 0.211. The van der Waals surface area contributed by atoms with Crippen molar-refractivity contribution in [3.05, 3.63) is 62.2 Å². The van der Waals surface area contributed by atoms with Gasteiger partial charge in [-0.1, -0.05) is 0 Å². The van der Waals surface area contributed by atoms with Crippen LogP contribution in [0.15, 0.2) is 35.3 Å². The average molecular weight is 486 g/mol. The number of fused-ring (bicyclic) bond motifs is 1. The summed E-state index contributed by atoms with van der Waals surface area (Å²) < 4.78 is 0. The Balaban J connectivity index is 1.64. The van der Waals surface area contributed by atoms with Gasteiger partial charge in [0.05, 0.1) is 24.9 Å². The highest BCUT2D eigenvalue weighted by Gasteiger charge is 2.36. The number of rotatable bonds is 10. The molecule has 1 unspecified atom stereocenters. The molecule has 0 spiro atoms. The van der Waals surface area contributed by atoms with Gasteiger partial charge in [-0.15, -0.1) is 0 Å². The summed E-state index contributed by atoms with van der Waals surface area (Å²) in [6, 6.07) is 1.76. The van der Waals surface area contributed by atoms with E-state index in [2.05, 4.69) is 30.6 Å². The zero-order valence-corrected chi connectivity index (χ0v) is 17.7. The number of H-pyrrole nitrogens is 1. The number of hydrogen-bond donors (Lipinski definition) is 6. The molecule has 35 heavy (non-hydrogen) atoms. The molecule has 0 aliphatic carbocycles. The third-order valence-electron chi connectivity index (χ3n) is 4.71. The second-order valence-corrected chi connectivity index (χ2v) is 7.16. The normalized spacial score (nSPS) is 12.5. The Bertz CT molecular complexity index is 1340. The molecule has 1 amide bonds. The topological polar surface area (TPSA) is 256 Å². The number of carbonyl (C=O) groups excluding carboxylic acids is 1. The highest BCUT2D eigenvalue weighted by molar-refractivity contribution is 5.97. The predicted molar refractivity (Wildman–Crippen MR) is 118 cm³/mol. The molecule has 0 radical (unpaired) electrons. The van der Waals surface area contributed by atoms with E-state index in [1.807, 2.05) is 0 Å². The second-order valence-electron chi connectivity index (χ2n) is 7.16. The Morgan fingerprint density at radius 3 is 2.43 bits per heavy atom. The number of aromatic amines is 1. The van der Waals surface area contributed by atoms with Crippen molar-refractivity contribution in [2.45, 2.75) is 25.0 Å². The van der Waals surface area contributed by atoms with Gasteiger partial charge in [0, 0.05) is 16.2 Å². The van der Waals surface area contributed by atoms with Crippen LogP contribution in [0.5, 0.6) is 0 Å². The number of aromatic nitrogens is 4. The van der Waals surface area contributed by atoms with E-state index in [1.165, 1.54) is 30.5 Å². The number of carboxylic acids is 2. The highest BCUT2D eigenvalue weighted by atomic mass is 16.6. The van der Waals surface area contributed by atoms with Crippen LogP contribution in [0.3, 0.4) is 0 Å². The van der Waals surface area contributed by atoms with Gasteiger partial charge < -0.3 is 26.6 Å². The number of anilines is 2. The van der Waals surface area contributed by atoms with Crippen LogP contribution >= 0.6 is 0 Å². The minimum Gasteiger partial charge on any atom is -0.480 e. The number of benzene rings is 1. The van der Waals surface area contributed by atoms with Gasteiger partial charge in [0.2, 0.25) is 5.95 Å². The molecule has 16 heteroatoms. The molecule has 16 nitrogen and oxygen atoms in total. The Kier molecular flexibility index (Phi) is 7.13. The standard InChI is InChI=1S/C19H18N8O8/c20-19-25-14-13(16(29)26-19)23-10(7-22-14)6-21-9-3-1-8(2-4-9)15(28)24-11(17(30)31)5-12(18(32)33)27(34)35/h1-4,7,11-12,21H,5-6H2,(H,24,28)(H,30,31)(H,32,33)(H3,20,22,25,26,29)/t11-,12?/m0/s1. The van der Waals surface area contributed by atoms with E-state index in [0.29, 0.717) is 11.4 Å². The third-order valence-corrected chi connectivity index (χ3v) is 4.71. The number of nitrogen functional groups attached to an aromatic ring is 1. The first-order valence-corrected chi connectivity index (χ1v) is 9.80. The Labute approximate surface area is 194 Å². The summed E-state index contributed by atoms with van der Waals surface area (Å²) in [6.07, 6.45) is 0.477. The molecule has 7 N–H and O–H groups in total. The molecule has 3 aromatic rings. The van der Waals surface area contributed by atoms with Crippen LogP contribution in [0.2, 0.25) is 0 Å². The van der Waals surface area contributed by atoms with Crippen LogP contribution in [-0.2, 0) is 16.1 Å². The maximum absolute atomic E-state index is 12.4. The minimum absolute atomic E-state index is 0.0146. The summed E-state index contributed by atoms with van der Waals surface area (Å²) in [5.41, 5.74) is 6.03. The second kappa shape index (κ2) is 10.2. The lowest BCUT2D eigenvalue weighted by Crippen LogP contribution is -2.46. The lowest BCUT2D eigenvalue weighted by Gasteiger charge is -2.15. The quantitative estimate of drug-likeness (QED) is 0.152. The Morgan fingerprint density at radius 1 is 1.14 bits per heavy atom. The van der Waals surface area contributed by atoms with Crippen molar-refractivity contribution >= 4 is 40.6 Å². The lowest BCUT2D eigenvalue weighted by atomic mass is 10.1. The van der Waals surface area contributed by atoms with Crippen LogP contribution in [0.4, 0.5) is 11.6 Å². The summed E-state index contributed by atoms with van der Waals surface area (Å²) >= 11 is 0. The van der Waals surface area contributed by atoms with Crippen LogP contribution < -0.4 is 21.9 Å². The van der Waals surface area contributed by atoms with Gasteiger partial charge in [-0.3, -0.25) is 24.7 Å².